The van der Waals surface area contributed by atoms with E-state index in [1.54, 1.807) is 6.20 Å². The summed E-state index contributed by atoms with van der Waals surface area (Å²) in [5.74, 6) is 0. The van der Waals surface area contributed by atoms with Crippen molar-refractivity contribution in [3.05, 3.63) is 30.5 Å². The number of anilines is 1. The largest absolute Gasteiger partial charge is 0.397 e. The van der Waals surface area contributed by atoms with E-state index in [1.807, 2.05) is 24.3 Å². The molecule has 0 unspecified atom stereocenters. The van der Waals surface area contributed by atoms with Gasteiger partial charge in [-0.2, -0.15) is 5.10 Å². The maximum atomic E-state index is 5.65. The molecule has 0 amide bonds. The quantitative estimate of drug-likeness (QED) is 0.629. The number of nitrogens with zero attached hydrogens (tertiary/aromatic N) is 2. The monoisotopic (exact) mass is 181 g/mol. The summed E-state index contributed by atoms with van der Waals surface area (Å²) < 4.78 is 0. The fourth-order valence-corrected chi connectivity index (χ4v) is 1.03. The minimum Gasteiger partial charge on any atom is -0.397 e. The van der Waals surface area contributed by atoms with Crippen LogP contribution < -0.4 is 5.73 Å². The van der Waals surface area contributed by atoms with Crippen molar-refractivity contribution in [3.63, 3.8) is 0 Å². The summed E-state index contributed by atoms with van der Waals surface area (Å²) >= 11 is 0. The molecule has 0 spiro atoms. The highest BCUT2D eigenvalue weighted by molar-refractivity contribution is 5.88. The zero-order valence-electron chi connectivity index (χ0n) is 6.27. The Hall–Kier alpha value is -1.35. The third-order valence-electron chi connectivity index (χ3n) is 1.58. The van der Waals surface area contributed by atoms with Crippen LogP contribution in [-0.4, -0.2) is 10.2 Å². The molecular weight excluding hydrogens is 174 g/mol. The van der Waals surface area contributed by atoms with Crippen LogP contribution in [0.1, 0.15) is 0 Å². The number of benzene rings is 1. The molecule has 12 heavy (non-hydrogen) atoms. The average Bonchev–Trinajstić information content (AvgIpc) is 2.06. The maximum Gasteiger partial charge on any atom is 0.116 e. The van der Waals surface area contributed by atoms with Crippen LogP contribution in [0.5, 0.6) is 0 Å². The summed E-state index contributed by atoms with van der Waals surface area (Å²) in [5, 5.41) is 8.68. The molecule has 0 saturated heterocycles. The van der Waals surface area contributed by atoms with E-state index in [-0.39, 0.29) is 12.4 Å². The van der Waals surface area contributed by atoms with Crippen LogP contribution in [0.2, 0.25) is 0 Å². The van der Waals surface area contributed by atoms with Gasteiger partial charge in [0.25, 0.3) is 0 Å². The van der Waals surface area contributed by atoms with Crippen LogP contribution in [0.3, 0.4) is 0 Å². The van der Waals surface area contributed by atoms with E-state index in [0.717, 1.165) is 10.9 Å². The predicted octanol–water partition coefficient (Wildman–Crippen LogP) is 1.63. The Morgan fingerprint density at radius 1 is 1.17 bits per heavy atom. The number of nitrogen functional groups attached to an aromatic ring is 1. The molecule has 0 fully saturated rings. The van der Waals surface area contributed by atoms with Gasteiger partial charge in [0.05, 0.1) is 11.9 Å². The third-order valence-corrected chi connectivity index (χ3v) is 1.58. The first-order valence-electron chi connectivity index (χ1n) is 3.34. The van der Waals surface area contributed by atoms with Gasteiger partial charge < -0.3 is 5.73 Å². The van der Waals surface area contributed by atoms with E-state index in [2.05, 4.69) is 10.2 Å². The van der Waals surface area contributed by atoms with Crippen LogP contribution in [0, 0.1) is 0 Å². The molecule has 1 aromatic carbocycles. The zero-order chi connectivity index (χ0) is 7.68. The Bertz CT molecular complexity index is 383. The Morgan fingerprint density at radius 2 is 2.00 bits per heavy atom. The fraction of sp³-hybridized carbons (Fsp3) is 0. The molecule has 0 aliphatic heterocycles. The van der Waals surface area contributed by atoms with Crippen LogP contribution in [0.4, 0.5) is 5.69 Å². The van der Waals surface area contributed by atoms with Gasteiger partial charge in [-0.25, -0.2) is 0 Å². The summed E-state index contributed by atoms with van der Waals surface area (Å²) in [6.45, 7) is 0. The first-order valence-corrected chi connectivity index (χ1v) is 3.34. The Kier molecular flexibility index (Phi) is 2.45. The van der Waals surface area contributed by atoms with Crippen molar-refractivity contribution >= 4 is 29.0 Å². The minimum atomic E-state index is 0. The highest BCUT2D eigenvalue weighted by Crippen LogP contribution is 2.15. The van der Waals surface area contributed by atoms with Gasteiger partial charge in [0.1, 0.15) is 5.52 Å². The lowest BCUT2D eigenvalue weighted by Gasteiger charge is -1.96. The van der Waals surface area contributed by atoms with Crippen molar-refractivity contribution in [2.45, 2.75) is 0 Å². The average molecular weight is 182 g/mol. The van der Waals surface area contributed by atoms with Crippen LogP contribution in [0.15, 0.2) is 30.5 Å². The van der Waals surface area contributed by atoms with Crippen molar-refractivity contribution in [1.82, 2.24) is 10.2 Å². The molecule has 0 saturated carbocycles. The maximum absolute atomic E-state index is 5.65. The molecule has 0 radical (unpaired) electrons. The second kappa shape index (κ2) is 3.36. The molecule has 0 aliphatic carbocycles. The predicted molar refractivity (Wildman–Crippen MR) is 51.2 cm³/mol. The highest BCUT2D eigenvalue weighted by atomic mass is 35.5. The minimum absolute atomic E-state index is 0. The van der Waals surface area contributed by atoms with Gasteiger partial charge in [-0.3, -0.25) is 0 Å². The number of hydrogen-bond donors (Lipinski definition) is 1. The van der Waals surface area contributed by atoms with E-state index in [4.69, 9.17) is 5.73 Å². The topological polar surface area (TPSA) is 51.8 Å². The van der Waals surface area contributed by atoms with Gasteiger partial charge in [-0.15, -0.1) is 17.5 Å². The number of nitrogens with two attached hydrogens (primary N) is 1. The second-order valence-electron chi connectivity index (χ2n) is 2.32. The number of halogens is 1. The smallest absolute Gasteiger partial charge is 0.116 e. The molecular formula is C8H8ClN3. The van der Waals surface area contributed by atoms with Gasteiger partial charge in [-0.05, 0) is 12.1 Å². The molecule has 2 rings (SSSR count). The van der Waals surface area contributed by atoms with E-state index in [9.17, 15) is 0 Å². The Morgan fingerprint density at radius 3 is 2.75 bits per heavy atom. The molecule has 0 atom stereocenters. The van der Waals surface area contributed by atoms with Crippen molar-refractivity contribution in [2.24, 2.45) is 0 Å². The Balaban J connectivity index is 0.000000720. The van der Waals surface area contributed by atoms with Gasteiger partial charge >= 0.3 is 0 Å². The lowest BCUT2D eigenvalue weighted by atomic mass is 10.2. The van der Waals surface area contributed by atoms with E-state index < -0.39 is 0 Å². The molecule has 62 valence electrons. The molecule has 0 aliphatic rings. The van der Waals surface area contributed by atoms with E-state index in [0.29, 0.717) is 5.69 Å². The summed E-state index contributed by atoms with van der Waals surface area (Å²) in [5.41, 5.74) is 7.10. The summed E-state index contributed by atoms with van der Waals surface area (Å²) in [7, 11) is 0. The second-order valence-corrected chi connectivity index (χ2v) is 2.32. The normalized spacial score (nSPS) is 9.33. The van der Waals surface area contributed by atoms with Gasteiger partial charge in [-0.1, -0.05) is 12.1 Å². The molecule has 4 heteroatoms. The van der Waals surface area contributed by atoms with Crippen LogP contribution in [-0.2, 0) is 0 Å². The van der Waals surface area contributed by atoms with Crippen molar-refractivity contribution < 1.29 is 0 Å². The van der Waals surface area contributed by atoms with Crippen molar-refractivity contribution in [1.29, 1.82) is 0 Å². The fourth-order valence-electron chi connectivity index (χ4n) is 1.03. The van der Waals surface area contributed by atoms with Crippen molar-refractivity contribution in [2.75, 3.05) is 5.73 Å². The van der Waals surface area contributed by atoms with Crippen molar-refractivity contribution in [3.8, 4) is 0 Å². The molecule has 2 aromatic rings. The standard InChI is InChI=1S/C8H7N3.ClH/c9-7-3-1-2-6-4-5-10-11-8(6)7;/h1-5H,9H2;1H. The number of hydrogen-bond acceptors (Lipinski definition) is 3. The lowest BCUT2D eigenvalue weighted by Crippen LogP contribution is -1.89. The zero-order valence-corrected chi connectivity index (χ0v) is 7.08. The van der Waals surface area contributed by atoms with E-state index >= 15 is 0 Å². The first kappa shape index (κ1) is 8.74. The molecule has 0 bridgehead atoms. The highest BCUT2D eigenvalue weighted by Gasteiger charge is 1.95. The molecule has 1 heterocycles. The number of aromatic nitrogens is 2. The summed E-state index contributed by atoms with van der Waals surface area (Å²) in [6, 6.07) is 7.56. The lowest BCUT2D eigenvalue weighted by molar-refractivity contribution is 1.08. The van der Waals surface area contributed by atoms with Gasteiger partial charge in [0.15, 0.2) is 0 Å². The van der Waals surface area contributed by atoms with Gasteiger partial charge in [0, 0.05) is 5.39 Å². The summed E-state index contributed by atoms with van der Waals surface area (Å²) in [4.78, 5) is 0. The van der Waals surface area contributed by atoms with Crippen LogP contribution >= 0.6 is 12.4 Å². The SMILES string of the molecule is Cl.Nc1cccc2ccnnc12. The van der Waals surface area contributed by atoms with E-state index in [1.165, 1.54) is 0 Å². The van der Waals surface area contributed by atoms with Gasteiger partial charge in [0.2, 0.25) is 0 Å². The van der Waals surface area contributed by atoms with Crippen LogP contribution in [0.25, 0.3) is 10.9 Å². The number of fused-ring (bicyclic) bond motifs is 1. The Labute approximate surface area is 76.0 Å². The molecule has 2 N–H and O–H groups in total. The molecule has 3 nitrogen and oxygen atoms in total. The third kappa shape index (κ3) is 1.31. The number of rotatable bonds is 0. The first-order chi connectivity index (χ1) is 5.38. The summed E-state index contributed by atoms with van der Waals surface area (Å²) in [6.07, 6.45) is 1.65. The molecule has 1 aromatic heterocycles.